The fraction of sp³-hybridized carbons (Fsp3) is 0.625. The SMILES string of the molecule is CCCC1(c2ccc(C)c(Cl)c2)CCCCCN1. The molecular weight excluding hydrogens is 242 g/mol. The molecule has 0 radical (unpaired) electrons. The number of hydrogen-bond acceptors (Lipinski definition) is 1. The lowest BCUT2D eigenvalue weighted by atomic mass is 9.81. The van der Waals surface area contributed by atoms with Gasteiger partial charge in [-0.05, 0) is 49.9 Å². The summed E-state index contributed by atoms with van der Waals surface area (Å²) in [5, 5.41) is 4.70. The highest BCUT2D eigenvalue weighted by atomic mass is 35.5. The van der Waals surface area contributed by atoms with Crippen molar-refractivity contribution in [2.24, 2.45) is 0 Å². The van der Waals surface area contributed by atoms with E-state index in [1.807, 2.05) is 0 Å². The van der Waals surface area contributed by atoms with E-state index in [0.29, 0.717) is 0 Å². The van der Waals surface area contributed by atoms with Crippen molar-refractivity contribution in [3.8, 4) is 0 Å². The van der Waals surface area contributed by atoms with Crippen molar-refractivity contribution in [1.82, 2.24) is 5.32 Å². The predicted octanol–water partition coefficient (Wildman–Crippen LogP) is 4.81. The summed E-state index contributed by atoms with van der Waals surface area (Å²) < 4.78 is 0. The summed E-state index contributed by atoms with van der Waals surface area (Å²) in [6.07, 6.45) is 7.60. The van der Waals surface area contributed by atoms with Crippen LogP contribution in [-0.4, -0.2) is 6.54 Å². The summed E-state index contributed by atoms with van der Waals surface area (Å²) in [6, 6.07) is 6.59. The molecule has 0 aromatic heterocycles. The standard InChI is InChI=1S/C16H24ClN/c1-3-9-16(10-5-4-6-11-18-16)14-8-7-13(2)15(17)12-14/h7-8,12,18H,3-6,9-11H2,1-2H3. The number of aryl methyl sites for hydroxylation is 1. The molecule has 1 atom stereocenters. The van der Waals surface area contributed by atoms with Crippen molar-refractivity contribution in [1.29, 1.82) is 0 Å². The molecule has 2 heteroatoms. The minimum absolute atomic E-state index is 0.155. The van der Waals surface area contributed by atoms with Crippen LogP contribution in [0.3, 0.4) is 0 Å². The molecule has 1 aliphatic rings. The van der Waals surface area contributed by atoms with Gasteiger partial charge in [-0.15, -0.1) is 0 Å². The molecule has 0 aliphatic carbocycles. The molecule has 1 N–H and O–H groups in total. The largest absolute Gasteiger partial charge is 0.307 e. The second-order valence-electron chi connectivity index (χ2n) is 5.53. The minimum Gasteiger partial charge on any atom is -0.307 e. The van der Waals surface area contributed by atoms with E-state index in [4.69, 9.17) is 11.6 Å². The molecule has 0 amide bonds. The van der Waals surface area contributed by atoms with Gasteiger partial charge in [-0.1, -0.05) is 49.9 Å². The van der Waals surface area contributed by atoms with Gasteiger partial charge in [-0.2, -0.15) is 0 Å². The molecule has 0 saturated carbocycles. The lowest BCUT2D eigenvalue weighted by Crippen LogP contribution is -2.41. The van der Waals surface area contributed by atoms with Gasteiger partial charge in [0.15, 0.2) is 0 Å². The molecule has 0 spiro atoms. The highest BCUT2D eigenvalue weighted by Gasteiger charge is 2.31. The molecule has 18 heavy (non-hydrogen) atoms. The normalized spacial score (nSPS) is 24.8. The van der Waals surface area contributed by atoms with Crippen LogP contribution in [0.2, 0.25) is 5.02 Å². The predicted molar refractivity (Wildman–Crippen MR) is 79.2 cm³/mol. The van der Waals surface area contributed by atoms with Crippen molar-refractivity contribution < 1.29 is 0 Å². The Labute approximate surface area is 116 Å². The van der Waals surface area contributed by atoms with Gasteiger partial charge in [0.05, 0.1) is 0 Å². The Bertz CT molecular complexity index is 392. The third-order valence-electron chi connectivity index (χ3n) is 4.14. The van der Waals surface area contributed by atoms with E-state index in [0.717, 1.165) is 11.6 Å². The zero-order valence-corrected chi connectivity index (χ0v) is 12.3. The topological polar surface area (TPSA) is 12.0 Å². The van der Waals surface area contributed by atoms with Crippen molar-refractivity contribution in [3.63, 3.8) is 0 Å². The van der Waals surface area contributed by atoms with Crippen LogP contribution in [0.5, 0.6) is 0 Å². The van der Waals surface area contributed by atoms with E-state index >= 15 is 0 Å². The van der Waals surface area contributed by atoms with Crippen LogP contribution in [0.25, 0.3) is 0 Å². The second kappa shape index (κ2) is 6.08. The Balaban J connectivity index is 2.35. The minimum atomic E-state index is 0.155. The van der Waals surface area contributed by atoms with Crippen molar-refractivity contribution in [3.05, 3.63) is 34.3 Å². The quantitative estimate of drug-likeness (QED) is 0.827. The Kier molecular flexibility index (Phi) is 4.69. The van der Waals surface area contributed by atoms with Gasteiger partial charge in [0.1, 0.15) is 0 Å². The molecule has 1 aliphatic heterocycles. The maximum Gasteiger partial charge on any atom is 0.0438 e. The molecule has 1 heterocycles. The van der Waals surface area contributed by atoms with Gasteiger partial charge >= 0.3 is 0 Å². The van der Waals surface area contributed by atoms with E-state index in [1.54, 1.807) is 0 Å². The molecule has 1 aromatic rings. The summed E-state index contributed by atoms with van der Waals surface area (Å²) >= 11 is 6.31. The van der Waals surface area contributed by atoms with Crippen LogP contribution in [-0.2, 0) is 5.54 Å². The first-order chi connectivity index (χ1) is 8.68. The highest BCUT2D eigenvalue weighted by molar-refractivity contribution is 6.31. The Hall–Kier alpha value is -0.530. The Morgan fingerprint density at radius 2 is 2.11 bits per heavy atom. The Morgan fingerprint density at radius 3 is 2.83 bits per heavy atom. The van der Waals surface area contributed by atoms with Gasteiger partial charge in [-0.3, -0.25) is 0 Å². The maximum atomic E-state index is 6.31. The Morgan fingerprint density at radius 1 is 1.28 bits per heavy atom. The zero-order chi connectivity index (χ0) is 13.0. The van der Waals surface area contributed by atoms with Crippen LogP contribution in [0, 0.1) is 6.92 Å². The smallest absolute Gasteiger partial charge is 0.0438 e. The molecule has 1 unspecified atom stereocenters. The monoisotopic (exact) mass is 265 g/mol. The molecule has 0 bridgehead atoms. The summed E-state index contributed by atoms with van der Waals surface area (Å²) in [7, 11) is 0. The van der Waals surface area contributed by atoms with Gasteiger partial charge in [0.25, 0.3) is 0 Å². The number of hydrogen-bond donors (Lipinski definition) is 1. The van der Waals surface area contributed by atoms with Gasteiger partial charge in [0, 0.05) is 10.6 Å². The summed E-state index contributed by atoms with van der Waals surface area (Å²) in [5.74, 6) is 0. The third-order valence-corrected chi connectivity index (χ3v) is 4.55. The fourth-order valence-corrected chi connectivity index (χ4v) is 3.25. The number of nitrogens with one attached hydrogen (secondary N) is 1. The molecule has 1 fully saturated rings. The van der Waals surface area contributed by atoms with E-state index < -0.39 is 0 Å². The fourth-order valence-electron chi connectivity index (χ4n) is 3.07. The summed E-state index contributed by atoms with van der Waals surface area (Å²) in [5.41, 5.74) is 2.70. The summed E-state index contributed by atoms with van der Waals surface area (Å²) in [6.45, 7) is 5.47. The average molecular weight is 266 g/mol. The van der Waals surface area contributed by atoms with E-state index in [2.05, 4.69) is 37.4 Å². The van der Waals surface area contributed by atoms with Gasteiger partial charge < -0.3 is 5.32 Å². The number of halogens is 1. The lowest BCUT2D eigenvalue weighted by molar-refractivity contribution is 0.297. The first-order valence-electron chi connectivity index (χ1n) is 7.19. The van der Waals surface area contributed by atoms with Crippen LogP contribution >= 0.6 is 11.6 Å². The number of benzene rings is 1. The average Bonchev–Trinajstić information content (AvgIpc) is 2.60. The van der Waals surface area contributed by atoms with Crippen molar-refractivity contribution in [2.45, 2.75) is 57.9 Å². The van der Waals surface area contributed by atoms with Crippen LogP contribution in [0.15, 0.2) is 18.2 Å². The molecule has 1 aromatic carbocycles. The zero-order valence-electron chi connectivity index (χ0n) is 11.6. The van der Waals surface area contributed by atoms with Crippen molar-refractivity contribution in [2.75, 3.05) is 6.54 Å². The molecular formula is C16H24ClN. The van der Waals surface area contributed by atoms with E-state index in [9.17, 15) is 0 Å². The molecule has 100 valence electrons. The third kappa shape index (κ3) is 2.89. The van der Waals surface area contributed by atoms with E-state index in [-0.39, 0.29) is 5.54 Å². The summed E-state index contributed by atoms with van der Waals surface area (Å²) in [4.78, 5) is 0. The first-order valence-corrected chi connectivity index (χ1v) is 7.57. The second-order valence-corrected chi connectivity index (χ2v) is 5.94. The van der Waals surface area contributed by atoms with Crippen LogP contribution in [0.4, 0.5) is 0 Å². The van der Waals surface area contributed by atoms with Crippen LogP contribution in [0.1, 0.15) is 56.6 Å². The number of rotatable bonds is 3. The van der Waals surface area contributed by atoms with Gasteiger partial charge in [0.2, 0.25) is 0 Å². The van der Waals surface area contributed by atoms with Crippen LogP contribution < -0.4 is 5.32 Å². The molecule has 1 saturated heterocycles. The molecule has 2 rings (SSSR count). The maximum absolute atomic E-state index is 6.31. The molecule has 1 nitrogen and oxygen atoms in total. The highest BCUT2D eigenvalue weighted by Crippen LogP contribution is 2.35. The first kappa shape index (κ1) is 13.9. The van der Waals surface area contributed by atoms with Crippen molar-refractivity contribution >= 4 is 11.6 Å². The lowest BCUT2D eigenvalue weighted by Gasteiger charge is -2.35. The van der Waals surface area contributed by atoms with Gasteiger partial charge in [-0.25, -0.2) is 0 Å². The van der Waals surface area contributed by atoms with E-state index in [1.165, 1.54) is 49.7 Å².